The molecule has 0 saturated carbocycles. The van der Waals surface area contributed by atoms with Crippen molar-refractivity contribution >= 4 is 11.6 Å². The minimum atomic E-state index is -0.633. The van der Waals surface area contributed by atoms with Crippen LogP contribution in [0.5, 0.6) is 5.75 Å². The molecular weight excluding hydrogens is 381 g/mol. The summed E-state index contributed by atoms with van der Waals surface area (Å²) in [5.41, 5.74) is 4.02. The molecule has 0 saturated heterocycles. The van der Waals surface area contributed by atoms with Crippen LogP contribution in [0.1, 0.15) is 28.8 Å². The number of halogens is 1. The van der Waals surface area contributed by atoms with Crippen molar-refractivity contribution in [1.82, 2.24) is 19.7 Å². The molecule has 146 valence electrons. The van der Waals surface area contributed by atoms with Crippen molar-refractivity contribution < 1.29 is 9.13 Å². The van der Waals surface area contributed by atoms with E-state index in [0.717, 1.165) is 22.4 Å². The number of nitrogens with one attached hydrogen (secondary N) is 1. The Labute approximate surface area is 171 Å². The van der Waals surface area contributed by atoms with Crippen molar-refractivity contribution in [1.29, 1.82) is 0 Å². The van der Waals surface area contributed by atoms with Gasteiger partial charge in [0.1, 0.15) is 23.9 Å². The van der Waals surface area contributed by atoms with E-state index in [-0.39, 0.29) is 11.9 Å². The van der Waals surface area contributed by atoms with Gasteiger partial charge in [-0.3, -0.25) is 4.98 Å². The van der Waals surface area contributed by atoms with Gasteiger partial charge in [-0.15, -0.1) is 0 Å². The van der Waals surface area contributed by atoms with Crippen LogP contribution in [0.15, 0.2) is 85.0 Å². The molecule has 2 aliphatic heterocycles. The summed E-state index contributed by atoms with van der Waals surface area (Å²) in [5.74, 6) is 0.990. The number of hydrogen-bond acceptors (Lipinski definition) is 5. The van der Waals surface area contributed by atoms with E-state index in [1.54, 1.807) is 29.2 Å². The lowest BCUT2D eigenvalue weighted by molar-refractivity contribution is 0.218. The van der Waals surface area contributed by atoms with Gasteiger partial charge in [-0.25, -0.2) is 9.07 Å². The molecule has 0 unspecified atom stereocenters. The summed E-state index contributed by atoms with van der Waals surface area (Å²) >= 11 is 0. The number of fused-ring (bicyclic) bond motifs is 3. The zero-order chi connectivity index (χ0) is 20.1. The van der Waals surface area contributed by atoms with Crippen LogP contribution in [0.3, 0.4) is 0 Å². The number of anilines is 1. The standard InChI is InChI=1S/C23H16FN5O/c24-17-9-3-1-7-15(17)22-19-20(16-8-2-4-10-18(16)30-22)28-23-26-13-27-29(23)21(19)14-6-5-11-25-12-14/h1-13,21-22H,(H,26,27,28)/t21-,22+/m1/s1. The number of ether oxygens (including phenoxy) is 1. The van der Waals surface area contributed by atoms with Gasteiger partial charge in [0.2, 0.25) is 5.95 Å². The number of pyridine rings is 1. The van der Waals surface area contributed by atoms with Gasteiger partial charge in [0, 0.05) is 29.1 Å². The fourth-order valence-corrected chi connectivity index (χ4v) is 4.22. The van der Waals surface area contributed by atoms with Gasteiger partial charge in [0.25, 0.3) is 0 Å². The Hall–Kier alpha value is -4.00. The molecule has 0 fully saturated rings. The predicted octanol–water partition coefficient (Wildman–Crippen LogP) is 4.37. The molecule has 6 nitrogen and oxygen atoms in total. The Morgan fingerprint density at radius 1 is 1.00 bits per heavy atom. The van der Waals surface area contributed by atoms with E-state index in [9.17, 15) is 4.39 Å². The van der Waals surface area contributed by atoms with Gasteiger partial charge in [0.05, 0.1) is 5.70 Å². The average molecular weight is 397 g/mol. The van der Waals surface area contributed by atoms with Gasteiger partial charge in [-0.05, 0) is 29.8 Å². The SMILES string of the molecule is Fc1ccccc1[C@@H]1Oc2ccccc2C2=C1[C@@H](c1cccnc1)n1ncnc1N2. The van der Waals surface area contributed by atoms with Crippen molar-refractivity contribution in [2.24, 2.45) is 0 Å². The maximum atomic E-state index is 14.9. The molecular formula is C23H16FN5O. The number of para-hydroxylation sites is 1. The van der Waals surface area contributed by atoms with Crippen molar-refractivity contribution in [3.05, 3.63) is 107 Å². The molecule has 2 atom stereocenters. The molecule has 4 aromatic rings. The molecule has 2 aromatic heterocycles. The number of hydrogen-bond donors (Lipinski definition) is 1. The summed E-state index contributed by atoms with van der Waals surface area (Å²) in [7, 11) is 0. The van der Waals surface area contributed by atoms with Crippen molar-refractivity contribution in [2.75, 3.05) is 5.32 Å². The third-order valence-electron chi connectivity index (χ3n) is 5.51. The number of benzene rings is 2. The first-order chi connectivity index (χ1) is 14.8. The zero-order valence-electron chi connectivity index (χ0n) is 15.7. The largest absolute Gasteiger partial charge is 0.480 e. The summed E-state index contributed by atoms with van der Waals surface area (Å²) in [5, 5.41) is 7.84. The van der Waals surface area contributed by atoms with Gasteiger partial charge in [0.15, 0.2) is 6.10 Å². The first-order valence-electron chi connectivity index (χ1n) is 9.62. The van der Waals surface area contributed by atoms with E-state index < -0.39 is 6.10 Å². The summed E-state index contributed by atoms with van der Waals surface area (Å²) < 4.78 is 23.1. The molecule has 1 N–H and O–H groups in total. The van der Waals surface area contributed by atoms with E-state index in [1.165, 1.54) is 12.4 Å². The number of rotatable bonds is 2. The molecule has 2 aromatic carbocycles. The van der Waals surface area contributed by atoms with E-state index in [0.29, 0.717) is 17.3 Å². The third kappa shape index (κ3) is 2.45. The molecule has 6 rings (SSSR count). The predicted molar refractivity (Wildman–Crippen MR) is 109 cm³/mol. The highest BCUT2D eigenvalue weighted by molar-refractivity contribution is 5.85. The lowest BCUT2D eigenvalue weighted by atomic mass is 9.85. The van der Waals surface area contributed by atoms with Crippen LogP contribution in [0, 0.1) is 5.82 Å². The summed E-state index contributed by atoms with van der Waals surface area (Å²) in [6.45, 7) is 0. The highest BCUT2D eigenvalue weighted by Gasteiger charge is 2.41. The second-order valence-corrected chi connectivity index (χ2v) is 7.19. The summed E-state index contributed by atoms with van der Waals surface area (Å²) in [6, 6.07) is 18.0. The Morgan fingerprint density at radius 3 is 2.73 bits per heavy atom. The molecule has 0 spiro atoms. The van der Waals surface area contributed by atoms with Crippen LogP contribution in [-0.4, -0.2) is 19.7 Å². The van der Waals surface area contributed by atoms with Crippen LogP contribution in [0.4, 0.5) is 10.3 Å². The Bertz CT molecular complexity index is 1280. The molecule has 0 amide bonds. The van der Waals surface area contributed by atoms with Crippen molar-refractivity contribution in [3.63, 3.8) is 0 Å². The highest BCUT2D eigenvalue weighted by Crippen LogP contribution is 2.50. The maximum Gasteiger partial charge on any atom is 0.226 e. The molecule has 0 bridgehead atoms. The minimum Gasteiger partial charge on any atom is -0.480 e. The molecule has 0 aliphatic carbocycles. The second-order valence-electron chi connectivity index (χ2n) is 7.19. The van der Waals surface area contributed by atoms with Crippen LogP contribution < -0.4 is 10.1 Å². The van der Waals surface area contributed by atoms with E-state index in [4.69, 9.17) is 4.74 Å². The quantitative estimate of drug-likeness (QED) is 0.544. The molecule has 4 heterocycles. The zero-order valence-corrected chi connectivity index (χ0v) is 15.7. The smallest absolute Gasteiger partial charge is 0.226 e. The Morgan fingerprint density at radius 2 is 1.87 bits per heavy atom. The molecule has 7 heteroatoms. The van der Waals surface area contributed by atoms with Crippen LogP contribution >= 0.6 is 0 Å². The second kappa shape index (κ2) is 6.52. The van der Waals surface area contributed by atoms with Gasteiger partial charge < -0.3 is 10.1 Å². The topological polar surface area (TPSA) is 64.9 Å². The normalized spacial score (nSPS) is 19.2. The first kappa shape index (κ1) is 16.9. The fourth-order valence-electron chi connectivity index (χ4n) is 4.22. The summed E-state index contributed by atoms with van der Waals surface area (Å²) in [4.78, 5) is 8.68. The highest BCUT2D eigenvalue weighted by atomic mass is 19.1. The summed E-state index contributed by atoms with van der Waals surface area (Å²) in [6.07, 6.45) is 4.40. The lowest BCUT2D eigenvalue weighted by Gasteiger charge is -2.38. The fraction of sp³-hybridized carbons (Fsp3) is 0.0870. The molecule has 2 aliphatic rings. The van der Waals surface area contributed by atoms with Crippen LogP contribution in [0.25, 0.3) is 5.70 Å². The number of nitrogens with zero attached hydrogens (tertiary/aromatic N) is 4. The van der Waals surface area contributed by atoms with Crippen molar-refractivity contribution in [2.45, 2.75) is 12.1 Å². The van der Waals surface area contributed by atoms with Crippen LogP contribution in [-0.2, 0) is 0 Å². The van der Waals surface area contributed by atoms with Gasteiger partial charge in [-0.2, -0.15) is 10.1 Å². The molecule has 30 heavy (non-hydrogen) atoms. The van der Waals surface area contributed by atoms with E-state index >= 15 is 0 Å². The van der Waals surface area contributed by atoms with E-state index in [2.05, 4.69) is 20.4 Å². The molecule has 0 radical (unpaired) electrons. The van der Waals surface area contributed by atoms with Crippen molar-refractivity contribution in [3.8, 4) is 5.75 Å². The minimum absolute atomic E-state index is 0.317. The first-order valence-corrected chi connectivity index (χ1v) is 9.62. The number of aromatic nitrogens is 4. The van der Waals surface area contributed by atoms with Crippen LogP contribution in [0.2, 0.25) is 0 Å². The van der Waals surface area contributed by atoms with Gasteiger partial charge >= 0.3 is 0 Å². The van der Waals surface area contributed by atoms with E-state index in [1.807, 2.05) is 42.5 Å². The monoisotopic (exact) mass is 397 g/mol. The lowest BCUT2D eigenvalue weighted by Crippen LogP contribution is -2.32. The maximum absolute atomic E-state index is 14.9. The Kier molecular flexibility index (Phi) is 3.67. The Balaban J connectivity index is 1.66. The van der Waals surface area contributed by atoms with Gasteiger partial charge in [-0.1, -0.05) is 36.4 Å². The average Bonchev–Trinajstić information content (AvgIpc) is 3.26. The third-order valence-corrected chi connectivity index (χ3v) is 5.51.